The molecule has 5 heteroatoms. The van der Waals surface area contributed by atoms with Gasteiger partial charge in [0.2, 0.25) is 0 Å². The van der Waals surface area contributed by atoms with Gasteiger partial charge in [-0.1, -0.05) is 19.1 Å². The molecule has 106 valence electrons. The maximum Gasteiger partial charge on any atom is 0.272 e. The van der Waals surface area contributed by atoms with Crippen molar-refractivity contribution in [1.82, 2.24) is 9.78 Å². The second kappa shape index (κ2) is 6.34. The Balaban J connectivity index is 2.41. The highest BCUT2D eigenvalue weighted by molar-refractivity contribution is 5.61. The lowest BCUT2D eigenvalue weighted by atomic mass is 10.1. The minimum atomic E-state index is -0.297. The summed E-state index contributed by atoms with van der Waals surface area (Å²) in [5.74, 6) is 0.769. The van der Waals surface area contributed by atoms with Crippen LogP contribution in [0, 0.1) is 0 Å². The lowest BCUT2D eigenvalue weighted by molar-refractivity contribution is 0.279. The first-order chi connectivity index (χ1) is 9.65. The third-order valence-electron chi connectivity index (χ3n) is 2.91. The summed E-state index contributed by atoms with van der Waals surface area (Å²) >= 11 is 0. The summed E-state index contributed by atoms with van der Waals surface area (Å²) in [6.07, 6.45) is 0.941. The van der Waals surface area contributed by atoms with Gasteiger partial charge in [0.1, 0.15) is 5.75 Å². The quantitative estimate of drug-likeness (QED) is 0.901. The summed E-state index contributed by atoms with van der Waals surface area (Å²) in [5, 5.41) is 13.4. The molecule has 1 heterocycles. The van der Waals surface area contributed by atoms with Gasteiger partial charge in [-0.2, -0.15) is 5.10 Å². The van der Waals surface area contributed by atoms with Gasteiger partial charge < -0.3 is 9.84 Å². The van der Waals surface area contributed by atoms with Crippen molar-refractivity contribution in [2.45, 2.75) is 20.0 Å². The summed E-state index contributed by atoms with van der Waals surface area (Å²) in [6, 6.07) is 9.15. The average molecular weight is 274 g/mol. The van der Waals surface area contributed by atoms with Crippen LogP contribution in [0.3, 0.4) is 0 Å². The summed E-state index contributed by atoms with van der Waals surface area (Å²) in [4.78, 5) is 11.7. The number of hydrogen-bond acceptors (Lipinski definition) is 4. The number of ether oxygens (including phenoxy) is 1. The van der Waals surface area contributed by atoms with E-state index in [-0.39, 0.29) is 12.2 Å². The van der Waals surface area contributed by atoms with Crippen molar-refractivity contribution < 1.29 is 9.84 Å². The minimum Gasteiger partial charge on any atom is -0.494 e. The Labute approximate surface area is 117 Å². The number of nitrogens with zero attached hydrogens (tertiary/aromatic N) is 2. The Morgan fingerprint density at radius 3 is 2.85 bits per heavy atom. The predicted molar refractivity (Wildman–Crippen MR) is 76.6 cm³/mol. The first-order valence-corrected chi connectivity index (χ1v) is 6.57. The zero-order valence-electron chi connectivity index (χ0n) is 11.7. The molecule has 1 N–H and O–H groups in total. The normalized spacial score (nSPS) is 10.6. The second-order valence-corrected chi connectivity index (χ2v) is 4.52. The van der Waals surface area contributed by atoms with Crippen molar-refractivity contribution in [1.29, 1.82) is 0 Å². The SMILES string of the molecule is CCCOc1cccc(-c2cc(CO)c(=O)n(C)n2)c1. The van der Waals surface area contributed by atoms with Crippen molar-refractivity contribution in [2.75, 3.05) is 6.61 Å². The van der Waals surface area contributed by atoms with E-state index in [9.17, 15) is 9.90 Å². The number of rotatable bonds is 5. The molecule has 0 saturated carbocycles. The molecule has 0 aliphatic rings. The van der Waals surface area contributed by atoms with Crippen LogP contribution in [0.15, 0.2) is 35.1 Å². The van der Waals surface area contributed by atoms with Crippen LogP contribution in [0.5, 0.6) is 5.75 Å². The molecule has 5 nitrogen and oxygen atoms in total. The van der Waals surface area contributed by atoms with Crippen LogP contribution >= 0.6 is 0 Å². The zero-order valence-corrected chi connectivity index (χ0v) is 11.7. The topological polar surface area (TPSA) is 64.3 Å². The van der Waals surface area contributed by atoms with Crippen LogP contribution in [0.1, 0.15) is 18.9 Å². The predicted octanol–water partition coefficient (Wildman–Crippen LogP) is 1.73. The summed E-state index contributed by atoms with van der Waals surface area (Å²) in [6.45, 7) is 2.41. The van der Waals surface area contributed by atoms with E-state index in [1.165, 1.54) is 4.68 Å². The Kier molecular flexibility index (Phi) is 4.53. The van der Waals surface area contributed by atoms with E-state index in [0.29, 0.717) is 17.9 Å². The van der Waals surface area contributed by atoms with Crippen LogP contribution < -0.4 is 10.3 Å². The maximum absolute atomic E-state index is 11.7. The molecule has 1 aromatic heterocycles. The summed E-state index contributed by atoms with van der Waals surface area (Å²) in [7, 11) is 1.57. The largest absolute Gasteiger partial charge is 0.494 e. The molecule has 0 fully saturated rings. The van der Waals surface area contributed by atoms with Gasteiger partial charge in [0, 0.05) is 18.2 Å². The number of aliphatic hydroxyl groups excluding tert-OH is 1. The van der Waals surface area contributed by atoms with E-state index in [1.54, 1.807) is 13.1 Å². The first kappa shape index (κ1) is 14.3. The molecule has 0 amide bonds. The molecule has 2 rings (SSSR count). The molecule has 0 atom stereocenters. The Morgan fingerprint density at radius 2 is 2.15 bits per heavy atom. The van der Waals surface area contributed by atoms with Gasteiger partial charge >= 0.3 is 0 Å². The molecule has 0 bridgehead atoms. The highest BCUT2D eigenvalue weighted by Gasteiger charge is 2.08. The van der Waals surface area contributed by atoms with Crippen molar-refractivity contribution in [3.05, 3.63) is 46.2 Å². The van der Waals surface area contributed by atoms with Crippen LogP contribution in [0.2, 0.25) is 0 Å². The fraction of sp³-hybridized carbons (Fsp3) is 0.333. The zero-order chi connectivity index (χ0) is 14.5. The summed E-state index contributed by atoms with van der Waals surface area (Å²) < 4.78 is 6.82. The van der Waals surface area contributed by atoms with Gasteiger partial charge in [-0.05, 0) is 24.6 Å². The molecule has 0 aliphatic carbocycles. The molecular formula is C15H18N2O3. The lowest BCUT2D eigenvalue weighted by Gasteiger charge is -2.08. The van der Waals surface area contributed by atoms with E-state index >= 15 is 0 Å². The van der Waals surface area contributed by atoms with Crippen LogP contribution in [-0.2, 0) is 13.7 Å². The van der Waals surface area contributed by atoms with E-state index in [1.807, 2.05) is 31.2 Å². The van der Waals surface area contributed by atoms with Gasteiger partial charge in [-0.15, -0.1) is 0 Å². The van der Waals surface area contributed by atoms with Crippen molar-refractivity contribution in [3.8, 4) is 17.0 Å². The Bertz CT molecular complexity index is 650. The van der Waals surface area contributed by atoms with Gasteiger partial charge in [0.15, 0.2) is 0 Å². The third kappa shape index (κ3) is 3.05. The highest BCUT2D eigenvalue weighted by Crippen LogP contribution is 2.22. The molecule has 20 heavy (non-hydrogen) atoms. The van der Waals surface area contributed by atoms with E-state index < -0.39 is 0 Å². The van der Waals surface area contributed by atoms with E-state index in [4.69, 9.17) is 4.74 Å². The van der Waals surface area contributed by atoms with Gasteiger partial charge in [0.25, 0.3) is 5.56 Å². The number of aliphatic hydroxyl groups is 1. The van der Waals surface area contributed by atoms with Crippen molar-refractivity contribution in [3.63, 3.8) is 0 Å². The lowest BCUT2D eigenvalue weighted by Crippen LogP contribution is -2.23. The number of aryl methyl sites for hydroxylation is 1. The number of aromatic nitrogens is 2. The molecule has 0 spiro atoms. The molecule has 0 unspecified atom stereocenters. The van der Waals surface area contributed by atoms with Gasteiger partial charge in [-0.3, -0.25) is 4.79 Å². The smallest absolute Gasteiger partial charge is 0.272 e. The molecule has 0 saturated heterocycles. The van der Waals surface area contributed by atoms with Crippen LogP contribution in [0.25, 0.3) is 11.3 Å². The highest BCUT2D eigenvalue weighted by atomic mass is 16.5. The Hall–Kier alpha value is -2.14. The van der Waals surface area contributed by atoms with Crippen molar-refractivity contribution >= 4 is 0 Å². The molecule has 0 radical (unpaired) electrons. The summed E-state index contributed by atoms with van der Waals surface area (Å²) in [5.41, 5.74) is 1.54. The van der Waals surface area contributed by atoms with Crippen molar-refractivity contribution in [2.24, 2.45) is 7.05 Å². The Morgan fingerprint density at radius 1 is 1.35 bits per heavy atom. The number of hydrogen-bond donors (Lipinski definition) is 1. The third-order valence-corrected chi connectivity index (χ3v) is 2.91. The first-order valence-electron chi connectivity index (χ1n) is 6.57. The fourth-order valence-electron chi connectivity index (χ4n) is 1.89. The van der Waals surface area contributed by atoms with Gasteiger partial charge in [0.05, 0.1) is 18.9 Å². The van der Waals surface area contributed by atoms with Gasteiger partial charge in [-0.25, -0.2) is 4.68 Å². The molecule has 0 aliphatic heterocycles. The second-order valence-electron chi connectivity index (χ2n) is 4.52. The monoisotopic (exact) mass is 274 g/mol. The standard InChI is InChI=1S/C15H18N2O3/c1-3-7-20-13-6-4-5-11(8-13)14-9-12(10-18)15(19)17(2)16-14/h4-6,8-9,18H,3,7,10H2,1-2H3. The maximum atomic E-state index is 11.7. The van der Waals surface area contributed by atoms with E-state index in [0.717, 1.165) is 17.7 Å². The molecule has 1 aromatic carbocycles. The van der Waals surface area contributed by atoms with E-state index in [2.05, 4.69) is 5.10 Å². The fourth-order valence-corrected chi connectivity index (χ4v) is 1.89. The number of benzene rings is 1. The van der Waals surface area contributed by atoms with Crippen LogP contribution in [-0.4, -0.2) is 21.5 Å². The van der Waals surface area contributed by atoms with Crippen LogP contribution in [0.4, 0.5) is 0 Å². The average Bonchev–Trinajstić information content (AvgIpc) is 2.48. The molecular weight excluding hydrogens is 256 g/mol. The minimum absolute atomic E-state index is 0.283. The molecule has 2 aromatic rings.